The molecule has 0 unspecified atom stereocenters. The molecule has 0 atom stereocenters. The van der Waals surface area contributed by atoms with Crippen molar-refractivity contribution in [2.45, 2.75) is 6.54 Å². The van der Waals surface area contributed by atoms with Gasteiger partial charge in [0.1, 0.15) is 5.82 Å². The van der Waals surface area contributed by atoms with Crippen LogP contribution in [0, 0.1) is 0 Å². The summed E-state index contributed by atoms with van der Waals surface area (Å²) in [5, 5.41) is 4.05. The first kappa shape index (κ1) is 7.09. The minimum Gasteiger partial charge on any atom is -0.292 e. The molecule has 0 fully saturated rings. The fourth-order valence-corrected chi connectivity index (χ4v) is 1.37. The van der Waals surface area contributed by atoms with E-state index in [2.05, 4.69) is 11.7 Å². The largest absolute Gasteiger partial charge is 0.292 e. The molecule has 1 aromatic rings. The molecule has 1 amide bonds. The summed E-state index contributed by atoms with van der Waals surface area (Å²) in [4.78, 5) is 12.9. The molecule has 62 valence electrons. The molecule has 0 aliphatic carbocycles. The van der Waals surface area contributed by atoms with E-state index >= 15 is 0 Å². The van der Waals surface area contributed by atoms with Gasteiger partial charge in [-0.05, 0) is 6.08 Å². The SMILES string of the molecule is C=CC(=O)N1CCn2nccc21. The van der Waals surface area contributed by atoms with E-state index < -0.39 is 0 Å². The average molecular weight is 163 g/mol. The normalized spacial score (nSPS) is 14.5. The lowest BCUT2D eigenvalue weighted by molar-refractivity contribution is -0.114. The number of aromatic nitrogens is 2. The lowest BCUT2D eigenvalue weighted by atomic mass is 10.4. The van der Waals surface area contributed by atoms with Gasteiger partial charge in [-0.1, -0.05) is 6.58 Å². The van der Waals surface area contributed by atoms with E-state index in [4.69, 9.17) is 0 Å². The van der Waals surface area contributed by atoms with Gasteiger partial charge in [0.25, 0.3) is 5.91 Å². The van der Waals surface area contributed by atoms with E-state index in [-0.39, 0.29) is 5.91 Å². The third kappa shape index (κ3) is 0.845. The molecule has 4 nitrogen and oxygen atoms in total. The van der Waals surface area contributed by atoms with Gasteiger partial charge >= 0.3 is 0 Å². The molecule has 1 aromatic heterocycles. The highest BCUT2D eigenvalue weighted by Crippen LogP contribution is 2.19. The highest BCUT2D eigenvalue weighted by Gasteiger charge is 2.22. The van der Waals surface area contributed by atoms with Crippen molar-refractivity contribution in [2.24, 2.45) is 0 Å². The van der Waals surface area contributed by atoms with E-state index in [0.717, 1.165) is 12.4 Å². The smallest absolute Gasteiger partial charge is 0.251 e. The van der Waals surface area contributed by atoms with Crippen molar-refractivity contribution in [2.75, 3.05) is 11.4 Å². The van der Waals surface area contributed by atoms with Gasteiger partial charge in [0.05, 0.1) is 12.7 Å². The molecule has 0 N–H and O–H groups in total. The first-order valence-corrected chi connectivity index (χ1v) is 3.78. The number of nitrogens with zero attached hydrogens (tertiary/aromatic N) is 3. The van der Waals surface area contributed by atoms with Crippen LogP contribution >= 0.6 is 0 Å². The van der Waals surface area contributed by atoms with Crippen molar-refractivity contribution in [1.82, 2.24) is 9.78 Å². The van der Waals surface area contributed by atoms with Crippen LogP contribution in [-0.4, -0.2) is 22.2 Å². The summed E-state index contributed by atoms with van der Waals surface area (Å²) in [5.41, 5.74) is 0. The Hall–Kier alpha value is -1.58. The summed E-state index contributed by atoms with van der Waals surface area (Å²) >= 11 is 0. The van der Waals surface area contributed by atoms with Crippen LogP contribution in [-0.2, 0) is 11.3 Å². The first-order chi connectivity index (χ1) is 5.83. The Balaban J connectivity index is 2.33. The van der Waals surface area contributed by atoms with E-state index in [1.165, 1.54) is 6.08 Å². The van der Waals surface area contributed by atoms with Crippen LogP contribution < -0.4 is 4.90 Å². The fourth-order valence-electron chi connectivity index (χ4n) is 1.37. The van der Waals surface area contributed by atoms with Gasteiger partial charge in [-0.25, -0.2) is 4.68 Å². The molecule has 0 aromatic carbocycles. The van der Waals surface area contributed by atoms with Crippen LogP contribution in [0.2, 0.25) is 0 Å². The third-order valence-corrected chi connectivity index (χ3v) is 1.95. The predicted octanol–water partition coefficient (Wildman–Crippen LogP) is 0.416. The van der Waals surface area contributed by atoms with Crippen LogP contribution in [0.15, 0.2) is 24.9 Å². The second kappa shape index (κ2) is 2.48. The lowest BCUT2D eigenvalue weighted by Crippen LogP contribution is -2.26. The van der Waals surface area contributed by atoms with Gasteiger partial charge in [0.15, 0.2) is 0 Å². The maximum absolute atomic E-state index is 11.2. The van der Waals surface area contributed by atoms with Crippen LogP contribution in [0.3, 0.4) is 0 Å². The van der Waals surface area contributed by atoms with Crippen molar-refractivity contribution in [1.29, 1.82) is 0 Å². The molecule has 1 aliphatic rings. The van der Waals surface area contributed by atoms with E-state index in [1.807, 2.05) is 6.07 Å². The number of anilines is 1. The Labute approximate surface area is 70.1 Å². The molecular weight excluding hydrogens is 154 g/mol. The quantitative estimate of drug-likeness (QED) is 0.562. The molecule has 12 heavy (non-hydrogen) atoms. The number of rotatable bonds is 1. The van der Waals surface area contributed by atoms with Crippen molar-refractivity contribution >= 4 is 11.7 Å². The Morgan fingerprint density at radius 3 is 3.25 bits per heavy atom. The maximum atomic E-state index is 11.2. The number of carbonyl (C=O) groups excluding carboxylic acids is 1. The minimum atomic E-state index is -0.0609. The molecule has 0 radical (unpaired) electrons. The van der Waals surface area contributed by atoms with Crippen molar-refractivity contribution < 1.29 is 4.79 Å². The maximum Gasteiger partial charge on any atom is 0.251 e. The predicted molar refractivity (Wildman–Crippen MR) is 44.8 cm³/mol. The van der Waals surface area contributed by atoms with Crippen molar-refractivity contribution in [3.05, 3.63) is 24.9 Å². The number of amides is 1. The molecular formula is C8H9N3O. The Kier molecular flexibility index (Phi) is 1.46. The summed E-state index contributed by atoms with van der Waals surface area (Å²) < 4.78 is 1.81. The summed E-state index contributed by atoms with van der Waals surface area (Å²) in [6, 6.07) is 1.83. The summed E-state index contributed by atoms with van der Waals surface area (Å²) in [7, 11) is 0. The van der Waals surface area contributed by atoms with Gasteiger partial charge in [0, 0.05) is 12.6 Å². The Morgan fingerprint density at radius 1 is 1.67 bits per heavy atom. The number of fused-ring (bicyclic) bond motifs is 1. The van der Waals surface area contributed by atoms with Crippen molar-refractivity contribution in [3.63, 3.8) is 0 Å². The summed E-state index contributed by atoms with van der Waals surface area (Å²) in [5.74, 6) is 0.800. The topological polar surface area (TPSA) is 38.1 Å². The second-order valence-electron chi connectivity index (χ2n) is 2.61. The van der Waals surface area contributed by atoms with Crippen LogP contribution in [0.4, 0.5) is 5.82 Å². The third-order valence-electron chi connectivity index (χ3n) is 1.95. The Morgan fingerprint density at radius 2 is 2.50 bits per heavy atom. The lowest BCUT2D eigenvalue weighted by Gasteiger charge is -2.10. The van der Waals surface area contributed by atoms with Gasteiger partial charge < -0.3 is 0 Å². The summed E-state index contributed by atoms with van der Waals surface area (Å²) in [6.07, 6.45) is 3.01. The number of hydrogen-bond donors (Lipinski definition) is 0. The van der Waals surface area contributed by atoms with Gasteiger partial charge in [-0.15, -0.1) is 0 Å². The highest BCUT2D eigenvalue weighted by atomic mass is 16.2. The molecule has 0 bridgehead atoms. The van der Waals surface area contributed by atoms with Crippen LogP contribution in [0.25, 0.3) is 0 Å². The van der Waals surface area contributed by atoms with E-state index in [0.29, 0.717) is 6.54 Å². The molecule has 1 aliphatic heterocycles. The van der Waals surface area contributed by atoms with Gasteiger partial charge in [0.2, 0.25) is 0 Å². The van der Waals surface area contributed by atoms with Crippen molar-refractivity contribution in [3.8, 4) is 0 Å². The molecule has 0 saturated heterocycles. The molecule has 0 spiro atoms. The summed E-state index contributed by atoms with van der Waals surface area (Å²) in [6.45, 7) is 4.92. The number of hydrogen-bond acceptors (Lipinski definition) is 2. The monoisotopic (exact) mass is 163 g/mol. The second-order valence-corrected chi connectivity index (χ2v) is 2.61. The standard InChI is InChI=1S/C8H9N3O/c1-2-8(12)10-5-6-11-7(10)3-4-9-11/h2-4H,1,5-6H2. The first-order valence-electron chi connectivity index (χ1n) is 3.78. The molecule has 2 heterocycles. The zero-order chi connectivity index (χ0) is 8.55. The molecule has 2 rings (SSSR count). The fraction of sp³-hybridized carbons (Fsp3) is 0.250. The van der Waals surface area contributed by atoms with Gasteiger partial charge in [-0.3, -0.25) is 9.69 Å². The van der Waals surface area contributed by atoms with Crippen LogP contribution in [0.1, 0.15) is 0 Å². The number of carbonyl (C=O) groups is 1. The molecule has 0 saturated carbocycles. The van der Waals surface area contributed by atoms with E-state index in [9.17, 15) is 4.79 Å². The minimum absolute atomic E-state index is 0.0609. The Bertz CT molecular complexity index is 329. The zero-order valence-corrected chi connectivity index (χ0v) is 6.60. The van der Waals surface area contributed by atoms with E-state index in [1.54, 1.807) is 15.8 Å². The molecule has 4 heteroatoms. The van der Waals surface area contributed by atoms with Gasteiger partial charge in [-0.2, -0.15) is 5.10 Å². The average Bonchev–Trinajstić information content (AvgIpc) is 2.62. The zero-order valence-electron chi connectivity index (χ0n) is 6.60. The highest BCUT2D eigenvalue weighted by molar-refractivity contribution is 6.00. The van der Waals surface area contributed by atoms with Crippen LogP contribution in [0.5, 0.6) is 0 Å².